The predicted octanol–water partition coefficient (Wildman–Crippen LogP) is 3.93. The Kier molecular flexibility index (Phi) is 7.17. The summed E-state index contributed by atoms with van der Waals surface area (Å²) in [4.78, 5) is 0. The molecule has 4 nitrogen and oxygen atoms in total. The van der Waals surface area contributed by atoms with Crippen molar-refractivity contribution in [3.8, 4) is 0 Å². The van der Waals surface area contributed by atoms with Gasteiger partial charge in [0, 0.05) is 0 Å². The molecule has 0 unspecified atom stereocenters. The zero-order valence-corrected chi connectivity index (χ0v) is 13.1. The minimum atomic E-state index is -3.40. The van der Waals surface area contributed by atoms with Crippen LogP contribution in [-0.2, 0) is 13.6 Å². The van der Waals surface area contributed by atoms with Crippen LogP contribution >= 0.6 is 7.60 Å². The first-order valence-corrected chi connectivity index (χ1v) is 8.44. The molecular weight excluding hydrogens is 275 g/mol. The smallest absolute Gasteiger partial charge is 0.340 e. The van der Waals surface area contributed by atoms with Gasteiger partial charge in [0.15, 0.2) is 0 Å². The Morgan fingerprint density at radius 3 is 2.20 bits per heavy atom. The van der Waals surface area contributed by atoms with Crippen molar-refractivity contribution in [3.63, 3.8) is 0 Å². The van der Waals surface area contributed by atoms with E-state index in [-0.39, 0.29) is 13.2 Å². The van der Waals surface area contributed by atoms with Crippen LogP contribution in [0.4, 0.5) is 0 Å². The number of aliphatic hydroxyl groups excluding tert-OH is 1. The maximum Gasteiger partial charge on any atom is 0.340 e. The Morgan fingerprint density at radius 1 is 1.20 bits per heavy atom. The molecule has 112 valence electrons. The molecule has 0 spiro atoms. The Hall–Kier alpha value is -0.930. The third kappa shape index (κ3) is 4.29. The van der Waals surface area contributed by atoms with Crippen molar-refractivity contribution in [2.45, 2.75) is 32.5 Å². The fourth-order valence-electron chi connectivity index (χ4n) is 2.00. The van der Waals surface area contributed by atoms with Gasteiger partial charge in [0.25, 0.3) is 0 Å². The van der Waals surface area contributed by atoms with E-state index in [9.17, 15) is 9.67 Å². The van der Waals surface area contributed by atoms with E-state index >= 15 is 0 Å². The number of hydrogen-bond acceptors (Lipinski definition) is 4. The Labute approximate surface area is 121 Å². The van der Waals surface area contributed by atoms with Gasteiger partial charge in [-0.3, -0.25) is 4.57 Å². The van der Waals surface area contributed by atoms with Crippen LogP contribution in [0.25, 0.3) is 0 Å². The Balaban J connectivity index is 3.11. The van der Waals surface area contributed by atoms with Crippen molar-refractivity contribution in [1.82, 2.24) is 0 Å². The van der Waals surface area contributed by atoms with E-state index in [1.54, 1.807) is 38.1 Å². The normalized spacial score (nSPS) is 15.4. The predicted molar refractivity (Wildman–Crippen MR) is 80.9 cm³/mol. The molecule has 0 radical (unpaired) electrons. The van der Waals surface area contributed by atoms with Crippen LogP contribution in [-0.4, -0.2) is 24.0 Å². The highest BCUT2D eigenvalue weighted by molar-refractivity contribution is 7.54. The fourth-order valence-corrected chi connectivity index (χ4v) is 4.04. The van der Waals surface area contributed by atoms with Gasteiger partial charge in [-0.2, -0.15) is 0 Å². The third-order valence-electron chi connectivity index (χ3n) is 2.84. The molecule has 0 fully saturated rings. The number of hydrogen-bond donors (Lipinski definition) is 1. The lowest BCUT2D eigenvalue weighted by molar-refractivity contribution is 0.152. The molecule has 2 atom stereocenters. The standard InChI is InChI=1S/C15H23O4P/c1-4-10-14(20(17,18-5-2)19-6-3)15(16)13-11-8-7-9-12-13/h4,7-12,14-16H,5-6H2,1-3H3/b10-4+/t14-,15-/m1/s1. The Morgan fingerprint density at radius 2 is 1.75 bits per heavy atom. The van der Waals surface area contributed by atoms with Gasteiger partial charge in [-0.15, -0.1) is 0 Å². The minimum Gasteiger partial charge on any atom is -0.387 e. The third-order valence-corrected chi connectivity index (χ3v) is 5.26. The van der Waals surface area contributed by atoms with Crippen molar-refractivity contribution in [1.29, 1.82) is 0 Å². The highest BCUT2D eigenvalue weighted by Gasteiger charge is 2.39. The average molecular weight is 298 g/mol. The highest BCUT2D eigenvalue weighted by atomic mass is 31.2. The van der Waals surface area contributed by atoms with Crippen molar-refractivity contribution in [3.05, 3.63) is 48.0 Å². The lowest BCUT2D eigenvalue weighted by atomic mass is 10.1. The zero-order chi connectivity index (χ0) is 15.0. The molecule has 5 heteroatoms. The van der Waals surface area contributed by atoms with Crippen molar-refractivity contribution < 1.29 is 18.7 Å². The van der Waals surface area contributed by atoms with E-state index in [0.717, 1.165) is 0 Å². The molecule has 0 aromatic heterocycles. The number of allylic oxidation sites excluding steroid dienone is 1. The first-order chi connectivity index (χ1) is 9.59. The molecule has 1 aromatic rings. The van der Waals surface area contributed by atoms with Gasteiger partial charge in [0.2, 0.25) is 0 Å². The van der Waals surface area contributed by atoms with Crippen LogP contribution in [0, 0.1) is 0 Å². The first-order valence-electron chi connectivity index (χ1n) is 6.83. The summed E-state index contributed by atoms with van der Waals surface area (Å²) < 4.78 is 23.6. The monoisotopic (exact) mass is 298 g/mol. The summed E-state index contributed by atoms with van der Waals surface area (Å²) in [6.45, 7) is 5.87. The summed E-state index contributed by atoms with van der Waals surface area (Å²) >= 11 is 0. The number of rotatable bonds is 8. The average Bonchev–Trinajstić information content (AvgIpc) is 2.45. The topological polar surface area (TPSA) is 55.8 Å². The van der Waals surface area contributed by atoms with Crippen LogP contribution < -0.4 is 0 Å². The molecule has 0 aliphatic heterocycles. The quantitative estimate of drug-likeness (QED) is 0.583. The number of benzene rings is 1. The van der Waals surface area contributed by atoms with E-state index in [4.69, 9.17) is 9.05 Å². The highest BCUT2D eigenvalue weighted by Crippen LogP contribution is 2.57. The summed E-state index contributed by atoms with van der Waals surface area (Å²) in [5, 5.41) is 10.5. The van der Waals surface area contributed by atoms with Crippen LogP contribution in [0.2, 0.25) is 0 Å². The van der Waals surface area contributed by atoms with E-state index in [1.807, 2.05) is 25.1 Å². The summed E-state index contributed by atoms with van der Waals surface area (Å²) in [7, 11) is -3.40. The molecule has 0 heterocycles. The van der Waals surface area contributed by atoms with Gasteiger partial charge in [0.05, 0.1) is 19.3 Å². The largest absolute Gasteiger partial charge is 0.387 e. The molecule has 0 bridgehead atoms. The lowest BCUT2D eigenvalue weighted by Crippen LogP contribution is -2.20. The van der Waals surface area contributed by atoms with Gasteiger partial charge in [-0.05, 0) is 26.3 Å². The SMILES string of the molecule is C/C=C/[C@H]([C@H](O)c1ccccc1)P(=O)(OCC)OCC. The van der Waals surface area contributed by atoms with Gasteiger partial charge < -0.3 is 14.2 Å². The van der Waals surface area contributed by atoms with Crippen LogP contribution in [0.1, 0.15) is 32.4 Å². The summed E-state index contributed by atoms with van der Waals surface area (Å²) in [5.41, 5.74) is -0.0231. The van der Waals surface area contributed by atoms with E-state index in [0.29, 0.717) is 5.56 Å². The molecule has 1 aromatic carbocycles. The maximum absolute atomic E-state index is 12.9. The van der Waals surface area contributed by atoms with Crippen molar-refractivity contribution in [2.24, 2.45) is 0 Å². The second-order valence-corrected chi connectivity index (χ2v) is 6.44. The second-order valence-electron chi connectivity index (χ2n) is 4.25. The van der Waals surface area contributed by atoms with E-state index in [2.05, 4.69) is 0 Å². The van der Waals surface area contributed by atoms with E-state index in [1.165, 1.54) is 0 Å². The fraction of sp³-hybridized carbons (Fsp3) is 0.467. The molecule has 1 rings (SSSR count). The molecule has 0 saturated heterocycles. The first kappa shape index (κ1) is 17.1. The molecule has 0 aliphatic rings. The molecule has 1 N–H and O–H groups in total. The van der Waals surface area contributed by atoms with Gasteiger partial charge in [-0.1, -0.05) is 42.5 Å². The van der Waals surface area contributed by atoms with Crippen molar-refractivity contribution in [2.75, 3.05) is 13.2 Å². The summed E-state index contributed by atoms with van der Waals surface area (Å²) in [6.07, 6.45) is 2.50. The van der Waals surface area contributed by atoms with Crippen LogP contribution in [0.15, 0.2) is 42.5 Å². The van der Waals surface area contributed by atoms with Crippen LogP contribution in [0.5, 0.6) is 0 Å². The molecule has 20 heavy (non-hydrogen) atoms. The van der Waals surface area contributed by atoms with Gasteiger partial charge >= 0.3 is 7.60 Å². The number of aliphatic hydroxyl groups is 1. The molecule has 0 amide bonds. The van der Waals surface area contributed by atoms with E-state index < -0.39 is 19.4 Å². The summed E-state index contributed by atoms with van der Waals surface area (Å²) in [5.74, 6) is 0. The zero-order valence-electron chi connectivity index (χ0n) is 12.2. The molecule has 0 saturated carbocycles. The second kappa shape index (κ2) is 8.38. The van der Waals surface area contributed by atoms with Gasteiger partial charge in [-0.25, -0.2) is 0 Å². The van der Waals surface area contributed by atoms with Gasteiger partial charge in [0.1, 0.15) is 5.66 Å². The van der Waals surface area contributed by atoms with Crippen molar-refractivity contribution >= 4 is 7.60 Å². The minimum absolute atomic E-state index is 0.271. The maximum atomic E-state index is 12.9. The Bertz CT molecular complexity index is 448. The summed E-state index contributed by atoms with van der Waals surface area (Å²) in [6, 6.07) is 9.12. The molecular formula is C15H23O4P. The lowest BCUT2D eigenvalue weighted by Gasteiger charge is -2.28. The molecule has 0 aliphatic carbocycles. The van der Waals surface area contributed by atoms with Crippen LogP contribution in [0.3, 0.4) is 0 Å².